The highest BCUT2D eigenvalue weighted by molar-refractivity contribution is 7.99. The summed E-state index contributed by atoms with van der Waals surface area (Å²) < 4.78 is 1.53. The summed E-state index contributed by atoms with van der Waals surface area (Å²) in [6.07, 6.45) is 2.27. The average molecular weight is 331 g/mol. The lowest BCUT2D eigenvalue weighted by Crippen LogP contribution is -2.40. The van der Waals surface area contributed by atoms with E-state index in [2.05, 4.69) is 11.9 Å². The summed E-state index contributed by atoms with van der Waals surface area (Å²) in [7, 11) is 1.71. The standard InChI is InChI=1S/C17H21N3O2S/c1-12-6-5-9-20(10-12)15(21)11-23-17-18-14-8-4-3-7-13(14)16(22)19(17)2/h3-4,7-8,12H,5-6,9-11H2,1-2H3/t12-/m1/s1. The molecule has 6 heteroatoms. The molecule has 0 aliphatic carbocycles. The molecule has 0 spiro atoms. The molecule has 23 heavy (non-hydrogen) atoms. The van der Waals surface area contributed by atoms with Crippen LogP contribution in [0.4, 0.5) is 0 Å². The zero-order chi connectivity index (χ0) is 16.4. The van der Waals surface area contributed by atoms with Gasteiger partial charge in [0.1, 0.15) is 0 Å². The number of carbonyl (C=O) groups is 1. The molecule has 1 saturated heterocycles. The molecule has 1 fully saturated rings. The molecule has 1 aromatic heterocycles. The van der Waals surface area contributed by atoms with Gasteiger partial charge in [-0.25, -0.2) is 4.98 Å². The third-order valence-corrected chi connectivity index (χ3v) is 5.29. The highest BCUT2D eigenvalue weighted by atomic mass is 32.2. The van der Waals surface area contributed by atoms with E-state index in [9.17, 15) is 9.59 Å². The van der Waals surface area contributed by atoms with Crippen LogP contribution in [0.25, 0.3) is 10.9 Å². The Bertz CT molecular complexity index is 787. The van der Waals surface area contributed by atoms with E-state index >= 15 is 0 Å². The number of para-hydroxylation sites is 1. The highest BCUT2D eigenvalue weighted by Gasteiger charge is 2.21. The number of rotatable bonds is 3. The number of hydrogen-bond donors (Lipinski definition) is 0. The van der Waals surface area contributed by atoms with Gasteiger partial charge in [0.2, 0.25) is 5.91 Å². The molecule has 1 aliphatic rings. The number of fused-ring (bicyclic) bond motifs is 1. The first-order chi connectivity index (χ1) is 11.1. The van der Waals surface area contributed by atoms with E-state index in [0.29, 0.717) is 27.7 Å². The summed E-state index contributed by atoms with van der Waals surface area (Å²) in [5, 5.41) is 1.20. The van der Waals surface area contributed by atoms with Crippen LogP contribution in [0.2, 0.25) is 0 Å². The molecule has 3 rings (SSSR count). The Hall–Kier alpha value is -1.82. The molecule has 2 aromatic rings. The van der Waals surface area contributed by atoms with E-state index in [1.54, 1.807) is 13.1 Å². The van der Waals surface area contributed by atoms with E-state index in [1.807, 2.05) is 23.1 Å². The van der Waals surface area contributed by atoms with Gasteiger partial charge in [-0.3, -0.25) is 14.2 Å². The number of nitrogens with zero attached hydrogens (tertiary/aromatic N) is 3. The lowest BCUT2D eigenvalue weighted by atomic mass is 10.0. The molecule has 0 bridgehead atoms. The summed E-state index contributed by atoms with van der Waals surface area (Å²) >= 11 is 1.34. The maximum absolute atomic E-state index is 12.4. The molecule has 0 saturated carbocycles. The van der Waals surface area contributed by atoms with Crippen molar-refractivity contribution in [2.75, 3.05) is 18.8 Å². The molecule has 1 aromatic carbocycles. The fraction of sp³-hybridized carbons (Fsp3) is 0.471. The van der Waals surface area contributed by atoms with Crippen molar-refractivity contribution < 1.29 is 4.79 Å². The number of aromatic nitrogens is 2. The lowest BCUT2D eigenvalue weighted by Gasteiger charge is -2.30. The Labute approximate surface area is 139 Å². The zero-order valence-electron chi connectivity index (χ0n) is 13.5. The predicted octanol–water partition coefficient (Wildman–Crippen LogP) is 2.28. The number of amides is 1. The van der Waals surface area contributed by atoms with Crippen molar-refractivity contribution in [3.05, 3.63) is 34.6 Å². The minimum atomic E-state index is -0.0721. The van der Waals surface area contributed by atoms with Crippen LogP contribution < -0.4 is 5.56 Å². The second kappa shape index (κ2) is 6.74. The van der Waals surface area contributed by atoms with Crippen molar-refractivity contribution in [3.8, 4) is 0 Å². The predicted molar refractivity (Wildman–Crippen MR) is 92.7 cm³/mol. The number of benzene rings is 1. The molecule has 0 unspecified atom stereocenters. The van der Waals surface area contributed by atoms with Crippen molar-refractivity contribution in [3.63, 3.8) is 0 Å². The topological polar surface area (TPSA) is 55.2 Å². The Kier molecular flexibility index (Phi) is 4.71. The summed E-state index contributed by atoms with van der Waals surface area (Å²) in [6.45, 7) is 3.86. The van der Waals surface area contributed by atoms with E-state index < -0.39 is 0 Å². The first-order valence-electron chi connectivity index (χ1n) is 7.92. The minimum Gasteiger partial charge on any atom is -0.342 e. The van der Waals surface area contributed by atoms with Gasteiger partial charge in [-0.15, -0.1) is 0 Å². The van der Waals surface area contributed by atoms with Crippen molar-refractivity contribution in [1.29, 1.82) is 0 Å². The molecule has 2 heterocycles. The van der Waals surface area contributed by atoms with Crippen LogP contribution in [0, 0.1) is 5.92 Å². The van der Waals surface area contributed by atoms with Gasteiger partial charge in [0.05, 0.1) is 16.7 Å². The van der Waals surface area contributed by atoms with E-state index in [0.717, 1.165) is 19.5 Å². The fourth-order valence-corrected chi connectivity index (χ4v) is 3.83. The van der Waals surface area contributed by atoms with Crippen LogP contribution in [0.3, 0.4) is 0 Å². The molecule has 0 N–H and O–H groups in total. The molecular weight excluding hydrogens is 310 g/mol. The first-order valence-corrected chi connectivity index (χ1v) is 8.91. The SMILES string of the molecule is C[C@@H]1CCCN(C(=O)CSc2nc3ccccc3c(=O)n2C)C1. The Balaban J connectivity index is 1.75. The van der Waals surface area contributed by atoms with Crippen LogP contribution in [0.1, 0.15) is 19.8 Å². The molecule has 122 valence electrons. The lowest BCUT2D eigenvalue weighted by molar-refractivity contribution is -0.130. The van der Waals surface area contributed by atoms with Crippen LogP contribution in [0.5, 0.6) is 0 Å². The molecule has 0 radical (unpaired) electrons. The number of carbonyl (C=O) groups excluding carboxylic acids is 1. The number of piperidine rings is 1. The van der Waals surface area contributed by atoms with E-state index in [-0.39, 0.29) is 11.5 Å². The smallest absolute Gasteiger partial charge is 0.261 e. The molecule has 1 aliphatic heterocycles. The second-order valence-corrected chi connectivity index (χ2v) is 7.09. The van der Waals surface area contributed by atoms with Gasteiger partial charge >= 0.3 is 0 Å². The van der Waals surface area contributed by atoms with Crippen molar-refractivity contribution in [2.45, 2.75) is 24.9 Å². The van der Waals surface area contributed by atoms with Crippen molar-refractivity contribution >= 4 is 28.6 Å². The van der Waals surface area contributed by atoms with Crippen LogP contribution in [-0.2, 0) is 11.8 Å². The Morgan fingerprint density at radius 3 is 2.96 bits per heavy atom. The first kappa shape index (κ1) is 16.1. The molecule has 1 amide bonds. The van der Waals surface area contributed by atoms with Gasteiger partial charge in [-0.05, 0) is 30.9 Å². The number of hydrogen-bond acceptors (Lipinski definition) is 4. The minimum absolute atomic E-state index is 0.0721. The summed E-state index contributed by atoms with van der Waals surface area (Å²) in [5.74, 6) is 1.02. The fourth-order valence-electron chi connectivity index (χ4n) is 2.96. The van der Waals surface area contributed by atoms with Crippen LogP contribution >= 0.6 is 11.8 Å². The quantitative estimate of drug-likeness (QED) is 0.640. The van der Waals surface area contributed by atoms with Crippen LogP contribution in [-0.4, -0.2) is 39.2 Å². The van der Waals surface area contributed by atoms with Crippen LogP contribution in [0.15, 0.2) is 34.2 Å². The van der Waals surface area contributed by atoms with Gasteiger partial charge < -0.3 is 4.90 Å². The van der Waals surface area contributed by atoms with E-state index in [1.165, 1.54) is 22.7 Å². The van der Waals surface area contributed by atoms with Gasteiger partial charge in [0.25, 0.3) is 5.56 Å². The maximum Gasteiger partial charge on any atom is 0.261 e. The van der Waals surface area contributed by atoms with Gasteiger partial charge in [-0.1, -0.05) is 30.8 Å². The Morgan fingerprint density at radius 1 is 1.39 bits per heavy atom. The normalized spacial score (nSPS) is 18.3. The van der Waals surface area contributed by atoms with Crippen molar-refractivity contribution in [1.82, 2.24) is 14.5 Å². The molecule has 1 atom stereocenters. The highest BCUT2D eigenvalue weighted by Crippen LogP contribution is 2.20. The van der Waals surface area contributed by atoms with Gasteiger partial charge in [0.15, 0.2) is 5.16 Å². The third kappa shape index (κ3) is 3.42. The molecular formula is C17H21N3O2S. The molecule has 5 nitrogen and oxygen atoms in total. The van der Waals surface area contributed by atoms with E-state index in [4.69, 9.17) is 0 Å². The van der Waals surface area contributed by atoms with Gasteiger partial charge in [0, 0.05) is 20.1 Å². The summed E-state index contributed by atoms with van der Waals surface area (Å²) in [5.41, 5.74) is 0.606. The largest absolute Gasteiger partial charge is 0.342 e. The summed E-state index contributed by atoms with van der Waals surface area (Å²) in [4.78, 5) is 31.2. The zero-order valence-corrected chi connectivity index (χ0v) is 14.3. The number of thioether (sulfide) groups is 1. The Morgan fingerprint density at radius 2 is 2.17 bits per heavy atom. The second-order valence-electron chi connectivity index (χ2n) is 6.15. The average Bonchev–Trinajstić information content (AvgIpc) is 2.56. The third-order valence-electron chi connectivity index (χ3n) is 4.28. The monoisotopic (exact) mass is 331 g/mol. The maximum atomic E-state index is 12.4. The number of likely N-dealkylation sites (tertiary alicyclic amines) is 1. The van der Waals surface area contributed by atoms with Gasteiger partial charge in [-0.2, -0.15) is 0 Å². The van der Waals surface area contributed by atoms with Crippen molar-refractivity contribution in [2.24, 2.45) is 13.0 Å². The summed E-state index contributed by atoms with van der Waals surface area (Å²) in [6, 6.07) is 7.30.